The van der Waals surface area contributed by atoms with Crippen LogP contribution in [0.1, 0.15) is 38.5 Å². The van der Waals surface area contributed by atoms with E-state index in [0.717, 1.165) is 38.3 Å². The van der Waals surface area contributed by atoms with E-state index >= 15 is 0 Å². The molecule has 0 radical (unpaired) electrons. The highest BCUT2D eigenvalue weighted by Gasteiger charge is 2.56. The standard InChI is InChI=1S/C25H28ClN5O5/c1-24(2)35-18-16(11-32)34-22(19(18)36-24)31-13-27-17-20(28-23(26)29-21(17)31)30-12-25(7-9-33-10-8-25)14-5-3-4-6-15(14)30/h3-6,13,16,18-19,22,32H,7-12H2,1-2H3/t16-,18-,19-,22-/m1/s1. The number of benzene rings is 1. The van der Waals surface area contributed by atoms with Crippen LogP contribution in [0, 0.1) is 0 Å². The third-order valence-electron chi connectivity index (χ3n) is 7.89. The van der Waals surface area contributed by atoms with Gasteiger partial charge in [0.15, 0.2) is 29.0 Å². The van der Waals surface area contributed by atoms with Crippen molar-refractivity contribution in [1.29, 1.82) is 0 Å². The summed E-state index contributed by atoms with van der Waals surface area (Å²) in [5.41, 5.74) is 3.59. The molecule has 1 aromatic carbocycles. The highest BCUT2D eigenvalue weighted by atomic mass is 35.5. The number of aliphatic hydroxyl groups excluding tert-OH is 1. The third-order valence-corrected chi connectivity index (χ3v) is 8.06. The molecule has 2 aromatic heterocycles. The van der Waals surface area contributed by atoms with E-state index < -0.39 is 30.3 Å². The smallest absolute Gasteiger partial charge is 0.226 e. The van der Waals surface area contributed by atoms with Gasteiger partial charge in [0.2, 0.25) is 5.28 Å². The van der Waals surface area contributed by atoms with Crippen molar-refractivity contribution in [3.05, 3.63) is 41.4 Å². The van der Waals surface area contributed by atoms with Gasteiger partial charge in [-0.3, -0.25) is 4.57 Å². The van der Waals surface area contributed by atoms with Gasteiger partial charge in [0.05, 0.1) is 12.9 Å². The van der Waals surface area contributed by atoms with E-state index in [1.54, 1.807) is 6.33 Å². The van der Waals surface area contributed by atoms with Gasteiger partial charge in [-0.25, -0.2) is 4.98 Å². The summed E-state index contributed by atoms with van der Waals surface area (Å²) in [5, 5.41) is 10.0. The Morgan fingerprint density at radius 2 is 1.89 bits per heavy atom. The Hall–Kier alpha value is -2.34. The summed E-state index contributed by atoms with van der Waals surface area (Å²) in [6.07, 6.45) is 1.66. The molecule has 4 aliphatic rings. The van der Waals surface area contributed by atoms with E-state index in [9.17, 15) is 5.11 Å². The topological polar surface area (TPSA) is 104 Å². The van der Waals surface area contributed by atoms with Crippen molar-refractivity contribution >= 4 is 34.3 Å². The molecule has 7 rings (SSSR count). The van der Waals surface area contributed by atoms with Crippen LogP contribution in [0.4, 0.5) is 11.5 Å². The lowest BCUT2D eigenvalue weighted by Crippen LogP contribution is -2.37. The number of halogens is 1. The van der Waals surface area contributed by atoms with Crippen LogP contribution in [0.2, 0.25) is 5.28 Å². The van der Waals surface area contributed by atoms with E-state index in [1.165, 1.54) is 5.56 Å². The first-order chi connectivity index (χ1) is 17.4. The van der Waals surface area contributed by atoms with Gasteiger partial charge >= 0.3 is 0 Å². The number of hydrogen-bond acceptors (Lipinski definition) is 9. The van der Waals surface area contributed by atoms with Crippen LogP contribution < -0.4 is 4.90 Å². The molecule has 0 unspecified atom stereocenters. The van der Waals surface area contributed by atoms with E-state index in [1.807, 2.05) is 24.5 Å². The molecule has 3 aromatic rings. The zero-order valence-corrected chi connectivity index (χ0v) is 20.9. The van der Waals surface area contributed by atoms with Crippen molar-refractivity contribution in [2.75, 3.05) is 31.3 Å². The first-order valence-electron chi connectivity index (χ1n) is 12.4. The molecule has 1 N–H and O–H groups in total. The van der Waals surface area contributed by atoms with Crippen LogP contribution in [-0.2, 0) is 24.4 Å². The van der Waals surface area contributed by atoms with Crippen LogP contribution in [-0.4, -0.2) is 75.1 Å². The molecule has 3 fully saturated rings. The zero-order valence-electron chi connectivity index (χ0n) is 20.1. The molecule has 4 aliphatic heterocycles. The number of rotatable bonds is 3. The highest BCUT2D eigenvalue weighted by Crippen LogP contribution is 2.50. The lowest BCUT2D eigenvalue weighted by atomic mass is 9.76. The molecule has 0 amide bonds. The molecule has 10 nitrogen and oxygen atoms in total. The van der Waals surface area contributed by atoms with E-state index in [0.29, 0.717) is 17.0 Å². The summed E-state index contributed by atoms with van der Waals surface area (Å²) in [6.45, 7) is 5.79. The molecule has 11 heteroatoms. The molecular formula is C25H28ClN5O5. The minimum absolute atomic E-state index is 0.00208. The van der Waals surface area contributed by atoms with E-state index in [2.05, 4.69) is 33.1 Å². The molecule has 1 spiro atoms. The zero-order chi connectivity index (χ0) is 24.7. The monoisotopic (exact) mass is 513 g/mol. The number of anilines is 2. The molecule has 36 heavy (non-hydrogen) atoms. The predicted molar refractivity (Wildman–Crippen MR) is 130 cm³/mol. The molecule has 0 bridgehead atoms. The van der Waals surface area contributed by atoms with Gasteiger partial charge in [-0.1, -0.05) is 18.2 Å². The second-order valence-corrected chi connectivity index (χ2v) is 10.8. The van der Waals surface area contributed by atoms with Crippen molar-refractivity contribution in [3.63, 3.8) is 0 Å². The van der Waals surface area contributed by atoms with Crippen LogP contribution in [0.3, 0.4) is 0 Å². The predicted octanol–water partition coefficient (Wildman–Crippen LogP) is 3.09. The van der Waals surface area contributed by atoms with Crippen LogP contribution >= 0.6 is 11.6 Å². The number of fused-ring (bicyclic) bond motifs is 4. The number of hydrogen-bond donors (Lipinski definition) is 1. The van der Waals surface area contributed by atoms with Gasteiger partial charge < -0.3 is 29.0 Å². The van der Waals surface area contributed by atoms with Gasteiger partial charge in [0.25, 0.3) is 0 Å². The maximum Gasteiger partial charge on any atom is 0.226 e. The maximum absolute atomic E-state index is 9.91. The minimum Gasteiger partial charge on any atom is -0.394 e. The second-order valence-electron chi connectivity index (χ2n) is 10.4. The average molecular weight is 514 g/mol. The van der Waals surface area contributed by atoms with Crippen LogP contribution in [0.5, 0.6) is 0 Å². The van der Waals surface area contributed by atoms with Gasteiger partial charge in [0, 0.05) is 30.9 Å². The highest BCUT2D eigenvalue weighted by molar-refractivity contribution is 6.28. The van der Waals surface area contributed by atoms with Crippen molar-refractivity contribution < 1.29 is 24.1 Å². The largest absolute Gasteiger partial charge is 0.394 e. The SMILES string of the molecule is CC1(C)O[C@@H]2[C@H](O1)[C@@H](CO)O[C@H]2n1cnc2c(N3CC4(CCOCC4)c4ccccc43)nc(Cl)nc21. The molecule has 3 saturated heterocycles. The van der Waals surface area contributed by atoms with Crippen molar-refractivity contribution in [2.24, 2.45) is 0 Å². The van der Waals surface area contributed by atoms with Crippen LogP contribution in [0.15, 0.2) is 30.6 Å². The lowest BCUT2D eigenvalue weighted by Gasteiger charge is -2.34. The lowest BCUT2D eigenvalue weighted by molar-refractivity contribution is -0.199. The van der Waals surface area contributed by atoms with Gasteiger partial charge in [0.1, 0.15) is 18.3 Å². The molecular weight excluding hydrogens is 486 g/mol. The molecule has 0 aliphatic carbocycles. The second kappa shape index (κ2) is 8.08. The Kier molecular flexibility index (Phi) is 5.12. The quantitative estimate of drug-likeness (QED) is 0.529. The van der Waals surface area contributed by atoms with E-state index in [-0.39, 0.29) is 17.3 Å². The fraction of sp³-hybridized carbons (Fsp3) is 0.560. The molecule has 0 saturated carbocycles. The first kappa shape index (κ1) is 22.8. The summed E-state index contributed by atoms with van der Waals surface area (Å²) >= 11 is 6.51. The van der Waals surface area contributed by atoms with Gasteiger partial charge in [-0.15, -0.1) is 0 Å². The first-order valence-corrected chi connectivity index (χ1v) is 12.7. The van der Waals surface area contributed by atoms with Crippen molar-refractivity contribution in [1.82, 2.24) is 19.5 Å². The minimum atomic E-state index is -0.781. The third kappa shape index (κ3) is 3.32. The number of ether oxygens (including phenoxy) is 4. The van der Waals surface area contributed by atoms with Gasteiger partial charge in [-0.2, -0.15) is 9.97 Å². The number of para-hydroxylation sites is 1. The molecule has 4 atom stereocenters. The summed E-state index contributed by atoms with van der Waals surface area (Å²) in [4.78, 5) is 16.1. The number of imidazole rings is 1. The molecule has 190 valence electrons. The Morgan fingerprint density at radius 1 is 1.11 bits per heavy atom. The Balaban J connectivity index is 1.32. The Bertz CT molecular complexity index is 1330. The van der Waals surface area contributed by atoms with Gasteiger partial charge in [-0.05, 0) is 49.9 Å². The van der Waals surface area contributed by atoms with E-state index in [4.69, 9.17) is 35.5 Å². The summed E-state index contributed by atoms with van der Waals surface area (Å²) in [5.74, 6) is -0.118. The van der Waals surface area contributed by atoms with Crippen molar-refractivity contribution in [3.8, 4) is 0 Å². The summed E-state index contributed by atoms with van der Waals surface area (Å²) < 4.78 is 25.9. The molecule has 6 heterocycles. The number of aromatic nitrogens is 4. The van der Waals surface area contributed by atoms with Crippen LogP contribution in [0.25, 0.3) is 11.2 Å². The number of aliphatic hydroxyl groups is 1. The fourth-order valence-corrected chi connectivity index (χ4v) is 6.45. The normalized spacial score (nSPS) is 30.3. The Labute approximate surface area is 213 Å². The Morgan fingerprint density at radius 3 is 2.69 bits per heavy atom. The average Bonchev–Trinajstić information content (AvgIpc) is 3.59. The van der Waals surface area contributed by atoms with Crippen molar-refractivity contribution in [2.45, 2.75) is 62.4 Å². The maximum atomic E-state index is 9.91. The fourth-order valence-electron chi connectivity index (χ4n) is 6.29. The number of nitrogens with zero attached hydrogens (tertiary/aromatic N) is 5. The summed E-state index contributed by atoms with van der Waals surface area (Å²) in [7, 11) is 0. The summed E-state index contributed by atoms with van der Waals surface area (Å²) in [6, 6.07) is 8.47.